The number of hydrogen-bond acceptors (Lipinski definition) is 4. The molecule has 6 heteroatoms. The lowest BCUT2D eigenvalue weighted by molar-refractivity contribution is 0.413. The van der Waals surface area contributed by atoms with Gasteiger partial charge in [-0.25, -0.2) is 0 Å². The van der Waals surface area contributed by atoms with Crippen LogP contribution in [0.1, 0.15) is 11.1 Å². The van der Waals surface area contributed by atoms with Crippen LogP contribution in [0, 0.1) is 11.7 Å². The van der Waals surface area contributed by atoms with Gasteiger partial charge in [-0.15, -0.1) is 6.58 Å². The van der Waals surface area contributed by atoms with Gasteiger partial charge in [0.2, 0.25) is 5.88 Å². The molecule has 0 aliphatic carbocycles. The van der Waals surface area contributed by atoms with Crippen molar-refractivity contribution in [1.82, 2.24) is 9.55 Å². The van der Waals surface area contributed by atoms with Gasteiger partial charge in [0, 0.05) is 12.8 Å². The maximum absolute atomic E-state index is 11.9. The monoisotopic (exact) mass is 301 g/mol. The van der Waals surface area contributed by atoms with Gasteiger partial charge < -0.3 is 5.11 Å². The molecule has 1 heterocycles. The summed E-state index contributed by atoms with van der Waals surface area (Å²) in [5, 5.41) is 10.2. The summed E-state index contributed by atoms with van der Waals surface area (Å²) < 4.78 is 1.52. The summed E-state index contributed by atoms with van der Waals surface area (Å²) in [6, 6.07) is 7.51. The number of rotatable bonds is 4. The number of aromatic nitrogens is 2. The van der Waals surface area contributed by atoms with Crippen LogP contribution < -0.4 is 5.56 Å². The van der Waals surface area contributed by atoms with Crippen molar-refractivity contribution in [2.75, 3.05) is 0 Å². The minimum atomic E-state index is -0.477. The summed E-state index contributed by atoms with van der Waals surface area (Å²) in [5.41, 5.74) is 1.29. The van der Waals surface area contributed by atoms with Gasteiger partial charge >= 0.3 is 0 Å². The van der Waals surface area contributed by atoms with Crippen molar-refractivity contribution in [3.63, 3.8) is 0 Å². The molecule has 0 radical (unpaired) electrons. The Morgan fingerprint density at radius 2 is 2.19 bits per heavy atom. The standard InChI is InChI=1S/C15H15N3O2S/c1-3-8-18-14(20)11(13(19)17-15(18)21)9-16-12-7-5-4-6-10(12)2/h3-7,9,20H,1,8H2,2H3,(H,17,19,21). The first-order valence-electron chi connectivity index (χ1n) is 6.31. The highest BCUT2D eigenvalue weighted by Crippen LogP contribution is 2.18. The molecule has 0 saturated carbocycles. The van der Waals surface area contributed by atoms with E-state index in [0.717, 1.165) is 11.3 Å². The number of nitrogens with zero attached hydrogens (tertiary/aromatic N) is 2. The average molecular weight is 301 g/mol. The zero-order chi connectivity index (χ0) is 15.4. The van der Waals surface area contributed by atoms with Crippen LogP contribution in [0.4, 0.5) is 5.69 Å². The zero-order valence-electron chi connectivity index (χ0n) is 11.5. The quantitative estimate of drug-likeness (QED) is 0.518. The van der Waals surface area contributed by atoms with Crippen LogP contribution in [-0.4, -0.2) is 20.9 Å². The van der Waals surface area contributed by atoms with Gasteiger partial charge in [0.15, 0.2) is 4.77 Å². The highest BCUT2D eigenvalue weighted by molar-refractivity contribution is 7.71. The lowest BCUT2D eigenvalue weighted by Crippen LogP contribution is -2.18. The first kappa shape index (κ1) is 14.9. The molecule has 0 aliphatic rings. The van der Waals surface area contributed by atoms with E-state index in [1.54, 1.807) is 6.08 Å². The number of aliphatic imine (C=N–C) groups is 1. The lowest BCUT2D eigenvalue weighted by atomic mass is 10.2. The fourth-order valence-corrected chi connectivity index (χ4v) is 2.09. The first-order chi connectivity index (χ1) is 10.0. The summed E-state index contributed by atoms with van der Waals surface area (Å²) >= 11 is 5.01. The second kappa shape index (κ2) is 6.32. The second-order valence-corrected chi connectivity index (χ2v) is 4.83. The first-order valence-corrected chi connectivity index (χ1v) is 6.72. The number of H-pyrrole nitrogens is 1. The van der Waals surface area contributed by atoms with Gasteiger partial charge in [0.25, 0.3) is 5.56 Å². The maximum Gasteiger partial charge on any atom is 0.264 e. The summed E-state index contributed by atoms with van der Waals surface area (Å²) in [7, 11) is 0. The maximum atomic E-state index is 11.9. The molecule has 0 saturated heterocycles. The minimum absolute atomic E-state index is 0.0636. The Hall–Kier alpha value is -2.47. The van der Waals surface area contributed by atoms with Crippen molar-refractivity contribution in [3.05, 3.63) is 63.2 Å². The number of aryl methyl sites for hydroxylation is 1. The number of aromatic hydroxyl groups is 1. The molecule has 0 aliphatic heterocycles. The van der Waals surface area contributed by atoms with Crippen molar-refractivity contribution in [2.45, 2.75) is 13.5 Å². The molecule has 21 heavy (non-hydrogen) atoms. The smallest absolute Gasteiger partial charge is 0.264 e. The molecule has 2 aromatic rings. The van der Waals surface area contributed by atoms with E-state index >= 15 is 0 Å². The number of nitrogens with one attached hydrogen (secondary N) is 1. The highest BCUT2D eigenvalue weighted by atomic mass is 32.1. The summed E-state index contributed by atoms with van der Waals surface area (Å²) in [6.45, 7) is 5.81. The Labute approximate surface area is 126 Å². The van der Waals surface area contributed by atoms with Gasteiger partial charge in [0.05, 0.1) is 5.69 Å². The van der Waals surface area contributed by atoms with E-state index in [0.29, 0.717) is 6.54 Å². The van der Waals surface area contributed by atoms with Crippen LogP contribution in [0.25, 0.3) is 0 Å². The molecule has 2 N–H and O–H groups in total. The van der Waals surface area contributed by atoms with Crippen molar-refractivity contribution >= 4 is 24.1 Å². The van der Waals surface area contributed by atoms with Crippen molar-refractivity contribution < 1.29 is 5.11 Å². The highest BCUT2D eigenvalue weighted by Gasteiger charge is 2.10. The Morgan fingerprint density at radius 3 is 2.86 bits per heavy atom. The average Bonchev–Trinajstić information content (AvgIpc) is 2.45. The molecular weight excluding hydrogens is 286 g/mol. The predicted molar refractivity (Wildman–Crippen MR) is 86.2 cm³/mol. The molecule has 5 nitrogen and oxygen atoms in total. The van der Waals surface area contributed by atoms with Crippen LogP contribution in [0.2, 0.25) is 0 Å². The van der Waals surface area contributed by atoms with Gasteiger partial charge in [-0.05, 0) is 30.8 Å². The molecule has 2 rings (SSSR count). The molecular formula is C15H15N3O2S. The van der Waals surface area contributed by atoms with Crippen LogP contribution in [0.15, 0.2) is 46.7 Å². The molecule has 0 spiro atoms. The lowest BCUT2D eigenvalue weighted by Gasteiger charge is -2.08. The van der Waals surface area contributed by atoms with E-state index in [1.165, 1.54) is 10.8 Å². The number of aromatic amines is 1. The third kappa shape index (κ3) is 3.17. The van der Waals surface area contributed by atoms with E-state index in [2.05, 4.69) is 16.6 Å². The van der Waals surface area contributed by atoms with E-state index in [1.807, 2.05) is 31.2 Å². The Bertz CT molecular complexity index is 818. The Morgan fingerprint density at radius 1 is 1.48 bits per heavy atom. The molecule has 0 bridgehead atoms. The van der Waals surface area contributed by atoms with Gasteiger partial charge in [-0.3, -0.25) is 19.3 Å². The second-order valence-electron chi connectivity index (χ2n) is 4.44. The molecule has 1 aromatic carbocycles. The number of para-hydroxylation sites is 1. The summed E-state index contributed by atoms with van der Waals surface area (Å²) in [4.78, 5) is 18.7. The van der Waals surface area contributed by atoms with E-state index < -0.39 is 5.56 Å². The molecule has 0 unspecified atom stereocenters. The predicted octanol–water partition coefficient (Wildman–Crippen LogP) is 2.86. The van der Waals surface area contributed by atoms with Crippen molar-refractivity contribution in [1.29, 1.82) is 0 Å². The van der Waals surface area contributed by atoms with Crippen LogP contribution >= 0.6 is 12.2 Å². The minimum Gasteiger partial charge on any atom is -0.494 e. The molecule has 0 amide bonds. The number of benzene rings is 1. The third-order valence-electron chi connectivity index (χ3n) is 2.97. The molecule has 0 atom stereocenters. The van der Waals surface area contributed by atoms with E-state index in [-0.39, 0.29) is 16.2 Å². The van der Waals surface area contributed by atoms with Crippen LogP contribution in [0.3, 0.4) is 0 Å². The summed E-state index contributed by atoms with van der Waals surface area (Å²) in [5.74, 6) is -0.221. The largest absolute Gasteiger partial charge is 0.494 e. The molecule has 0 fully saturated rings. The van der Waals surface area contributed by atoms with Gasteiger partial charge in [0.1, 0.15) is 5.56 Å². The third-order valence-corrected chi connectivity index (χ3v) is 3.29. The molecule has 108 valence electrons. The van der Waals surface area contributed by atoms with Gasteiger partial charge in [-0.1, -0.05) is 24.3 Å². The number of hydrogen-bond donors (Lipinski definition) is 2. The number of allylic oxidation sites excluding steroid dienone is 1. The Kier molecular flexibility index (Phi) is 4.49. The van der Waals surface area contributed by atoms with Crippen molar-refractivity contribution in [3.8, 4) is 5.88 Å². The van der Waals surface area contributed by atoms with Crippen LogP contribution in [-0.2, 0) is 6.54 Å². The van der Waals surface area contributed by atoms with E-state index in [4.69, 9.17) is 12.2 Å². The zero-order valence-corrected chi connectivity index (χ0v) is 12.4. The van der Waals surface area contributed by atoms with Gasteiger partial charge in [-0.2, -0.15) is 0 Å². The Balaban J connectivity index is 2.52. The SMILES string of the molecule is C=CCn1c(O)c(C=Nc2ccccc2C)c(=O)[nH]c1=S. The van der Waals surface area contributed by atoms with Crippen molar-refractivity contribution in [2.24, 2.45) is 4.99 Å². The fraction of sp³-hybridized carbons (Fsp3) is 0.133. The van der Waals surface area contributed by atoms with E-state index in [9.17, 15) is 9.90 Å². The summed E-state index contributed by atoms with van der Waals surface area (Å²) in [6.07, 6.45) is 2.92. The normalized spacial score (nSPS) is 10.9. The topological polar surface area (TPSA) is 70.4 Å². The fourth-order valence-electron chi connectivity index (χ4n) is 1.83. The molecule has 1 aromatic heterocycles. The van der Waals surface area contributed by atoms with Crippen LogP contribution in [0.5, 0.6) is 5.88 Å².